The molecular weight excluding hydrogens is 131 g/mol. The van der Waals surface area contributed by atoms with Crippen molar-refractivity contribution < 1.29 is 61.3 Å². The van der Waals surface area contributed by atoms with Crippen molar-refractivity contribution in [3.05, 3.63) is 11.8 Å². The predicted octanol–water partition coefficient (Wildman–Crippen LogP) is -1.96. The van der Waals surface area contributed by atoms with Gasteiger partial charge in [-0.3, -0.25) is 4.79 Å². The molecule has 3 heteroatoms. The molecule has 0 fully saturated rings. The Morgan fingerprint density at radius 1 is 1.50 bits per heavy atom. The summed E-state index contributed by atoms with van der Waals surface area (Å²) >= 11 is 0. The zero-order valence-corrected chi connectivity index (χ0v) is 8.56. The zero-order valence-electron chi connectivity index (χ0n) is 5.43. The van der Waals surface area contributed by atoms with Crippen LogP contribution < -0.4 is 51.4 Å². The minimum Gasteiger partial charge on any atom is -0.512 e. The van der Waals surface area contributed by atoms with E-state index in [0.29, 0.717) is 0 Å². The molecule has 0 aliphatic heterocycles. The molecule has 0 saturated carbocycles. The molecule has 2 nitrogen and oxygen atoms in total. The van der Waals surface area contributed by atoms with Crippen molar-refractivity contribution in [2.45, 2.75) is 13.8 Å². The summed E-state index contributed by atoms with van der Waals surface area (Å²) in [6, 6.07) is 0. The van der Waals surface area contributed by atoms with E-state index in [-0.39, 0.29) is 62.9 Å². The van der Waals surface area contributed by atoms with Gasteiger partial charge in [-0.15, -0.1) is 0 Å². The van der Waals surface area contributed by atoms with Crippen LogP contribution in [0.3, 0.4) is 0 Å². The monoisotopic (exact) mass is 139 g/mol. The predicted molar refractivity (Wildman–Crippen MR) is 27.1 cm³/mol. The number of aliphatic hydroxyl groups is 1. The number of hydrogen-bond acceptors (Lipinski definition) is 2. The van der Waals surface area contributed by atoms with Crippen LogP contribution in [-0.2, 0) is 4.79 Å². The SMILES string of the molecule is CC(=O)/C=C(/C)O.[K+]. The molecular formula is C5H8KO2+. The van der Waals surface area contributed by atoms with Crippen molar-refractivity contribution in [2.24, 2.45) is 0 Å². The summed E-state index contributed by atoms with van der Waals surface area (Å²) < 4.78 is 0. The summed E-state index contributed by atoms with van der Waals surface area (Å²) in [6.45, 7) is 2.85. The Hall–Kier alpha value is 0.846. The molecule has 0 aromatic carbocycles. The van der Waals surface area contributed by atoms with E-state index in [0.717, 1.165) is 0 Å². The maximum atomic E-state index is 10.0. The molecule has 0 aliphatic rings. The fourth-order valence-corrected chi connectivity index (χ4v) is 0.294. The van der Waals surface area contributed by atoms with Crippen LogP contribution in [0.2, 0.25) is 0 Å². The molecule has 0 atom stereocenters. The van der Waals surface area contributed by atoms with Crippen LogP contribution in [0.4, 0.5) is 0 Å². The average Bonchev–Trinajstić information content (AvgIpc) is 1.27. The second kappa shape index (κ2) is 5.97. The average molecular weight is 139 g/mol. The van der Waals surface area contributed by atoms with Crippen molar-refractivity contribution >= 4 is 5.78 Å². The van der Waals surface area contributed by atoms with Gasteiger partial charge in [0.05, 0.1) is 5.76 Å². The number of carbonyl (C=O) groups is 1. The fourth-order valence-electron chi connectivity index (χ4n) is 0.294. The molecule has 0 heterocycles. The van der Waals surface area contributed by atoms with Crippen LogP contribution in [0.5, 0.6) is 0 Å². The van der Waals surface area contributed by atoms with E-state index in [1.54, 1.807) is 0 Å². The molecule has 40 valence electrons. The first-order valence-corrected chi connectivity index (χ1v) is 2.01. The van der Waals surface area contributed by atoms with Crippen LogP contribution >= 0.6 is 0 Å². The number of rotatable bonds is 1. The summed E-state index contributed by atoms with van der Waals surface area (Å²) in [5.74, 6) is -0.0625. The second-order valence-electron chi connectivity index (χ2n) is 1.40. The minimum absolute atomic E-state index is 0. The summed E-state index contributed by atoms with van der Waals surface area (Å²) in [5.41, 5.74) is 0. The Morgan fingerprint density at radius 3 is 1.88 bits per heavy atom. The molecule has 0 radical (unpaired) electrons. The van der Waals surface area contributed by atoms with Crippen molar-refractivity contribution in [2.75, 3.05) is 0 Å². The first-order valence-electron chi connectivity index (χ1n) is 2.01. The Labute approximate surface area is 91.4 Å². The van der Waals surface area contributed by atoms with Gasteiger partial charge in [-0.05, 0) is 13.8 Å². The third kappa shape index (κ3) is 9.96. The molecule has 0 bridgehead atoms. The standard InChI is InChI=1S/C5H8O2.K/c1-4(6)3-5(2)7;/h3,6H,1-2H3;/q;+1/b4-3-;. The minimum atomic E-state index is -0.125. The van der Waals surface area contributed by atoms with Gasteiger partial charge in [-0.25, -0.2) is 0 Å². The summed E-state index contributed by atoms with van der Waals surface area (Å²) in [7, 11) is 0. The molecule has 0 aromatic rings. The van der Waals surface area contributed by atoms with E-state index in [2.05, 4.69) is 0 Å². The van der Waals surface area contributed by atoms with Crippen molar-refractivity contribution in [3.63, 3.8) is 0 Å². The van der Waals surface area contributed by atoms with Crippen LogP contribution in [0.1, 0.15) is 13.8 Å². The first-order chi connectivity index (χ1) is 3.13. The van der Waals surface area contributed by atoms with E-state index in [1.807, 2.05) is 0 Å². The van der Waals surface area contributed by atoms with Crippen LogP contribution in [0, 0.1) is 0 Å². The quantitative estimate of drug-likeness (QED) is 0.260. The molecule has 0 saturated heterocycles. The molecule has 0 aliphatic carbocycles. The Kier molecular flexibility index (Phi) is 8.68. The van der Waals surface area contributed by atoms with Crippen molar-refractivity contribution in [1.82, 2.24) is 0 Å². The maximum absolute atomic E-state index is 10.0. The van der Waals surface area contributed by atoms with E-state index in [1.165, 1.54) is 19.9 Å². The van der Waals surface area contributed by atoms with E-state index in [4.69, 9.17) is 5.11 Å². The van der Waals surface area contributed by atoms with Gasteiger partial charge in [0.2, 0.25) is 0 Å². The van der Waals surface area contributed by atoms with Crippen LogP contribution in [0.25, 0.3) is 0 Å². The van der Waals surface area contributed by atoms with Crippen LogP contribution in [0.15, 0.2) is 11.8 Å². The molecule has 0 amide bonds. The maximum Gasteiger partial charge on any atom is 1.00 e. The molecule has 0 unspecified atom stereocenters. The summed E-state index contributed by atoms with van der Waals surface area (Å²) in [6.07, 6.45) is 1.17. The Morgan fingerprint density at radius 2 is 1.88 bits per heavy atom. The van der Waals surface area contributed by atoms with Gasteiger partial charge in [0, 0.05) is 6.08 Å². The first kappa shape index (κ1) is 11.6. The number of aliphatic hydroxyl groups excluding tert-OH is 1. The van der Waals surface area contributed by atoms with Gasteiger partial charge in [0.15, 0.2) is 5.78 Å². The molecule has 0 rings (SSSR count). The summed E-state index contributed by atoms with van der Waals surface area (Å²) in [4.78, 5) is 10.0. The van der Waals surface area contributed by atoms with Crippen molar-refractivity contribution in [1.29, 1.82) is 0 Å². The van der Waals surface area contributed by atoms with E-state index in [9.17, 15) is 4.79 Å². The van der Waals surface area contributed by atoms with Gasteiger partial charge in [-0.2, -0.15) is 0 Å². The number of carbonyl (C=O) groups excluding carboxylic acids is 1. The zero-order chi connectivity index (χ0) is 5.86. The van der Waals surface area contributed by atoms with E-state index >= 15 is 0 Å². The van der Waals surface area contributed by atoms with E-state index < -0.39 is 0 Å². The summed E-state index contributed by atoms with van der Waals surface area (Å²) in [5, 5.41) is 8.36. The van der Waals surface area contributed by atoms with Gasteiger partial charge in [0.1, 0.15) is 0 Å². The molecule has 1 N–H and O–H groups in total. The van der Waals surface area contributed by atoms with Gasteiger partial charge in [0.25, 0.3) is 0 Å². The molecule has 0 aromatic heterocycles. The van der Waals surface area contributed by atoms with Gasteiger partial charge < -0.3 is 5.11 Å². The normalized spacial score (nSPS) is 10.0. The number of ketones is 1. The third-order valence-electron chi connectivity index (χ3n) is 0.412. The van der Waals surface area contributed by atoms with Gasteiger partial charge >= 0.3 is 51.4 Å². The fraction of sp³-hybridized carbons (Fsp3) is 0.400. The smallest absolute Gasteiger partial charge is 0.512 e. The topological polar surface area (TPSA) is 37.3 Å². The Balaban J connectivity index is 0. The number of hydrogen-bond donors (Lipinski definition) is 1. The van der Waals surface area contributed by atoms with Crippen LogP contribution in [-0.4, -0.2) is 10.9 Å². The second-order valence-corrected chi connectivity index (χ2v) is 1.40. The van der Waals surface area contributed by atoms with Crippen molar-refractivity contribution in [3.8, 4) is 0 Å². The third-order valence-corrected chi connectivity index (χ3v) is 0.412. The largest absolute Gasteiger partial charge is 1.00 e. The number of allylic oxidation sites excluding steroid dienone is 2. The molecule has 0 spiro atoms. The van der Waals surface area contributed by atoms with Gasteiger partial charge in [-0.1, -0.05) is 0 Å². The Bertz CT molecular complexity index is 103. The molecule has 8 heavy (non-hydrogen) atoms.